The number of hydrogen-bond acceptors (Lipinski definition) is 5. The highest BCUT2D eigenvalue weighted by atomic mass is 16.5. The smallest absolute Gasteiger partial charge is 0.167 e. The number of morpholine rings is 1. The summed E-state index contributed by atoms with van der Waals surface area (Å²) in [5.41, 5.74) is 2.85. The number of aromatic nitrogens is 3. The number of pyridine rings is 1. The number of fused-ring (bicyclic) bond motifs is 1. The lowest BCUT2D eigenvalue weighted by Crippen LogP contribution is -2.36. The maximum absolute atomic E-state index is 7.84. The SMILES string of the molecule is CC(=N)n1nc(C)c2c(C)cc(N3CCOCC3)nc21. The molecule has 3 rings (SSSR count). The summed E-state index contributed by atoms with van der Waals surface area (Å²) in [7, 11) is 0. The molecule has 0 amide bonds. The van der Waals surface area contributed by atoms with Gasteiger partial charge in [-0.05, 0) is 32.4 Å². The van der Waals surface area contributed by atoms with Gasteiger partial charge in [-0.1, -0.05) is 0 Å². The third kappa shape index (κ3) is 2.06. The highest BCUT2D eigenvalue weighted by molar-refractivity contribution is 5.92. The van der Waals surface area contributed by atoms with Crippen LogP contribution in [0.3, 0.4) is 0 Å². The molecule has 1 N–H and O–H groups in total. The first-order chi connectivity index (χ1) is 9.58. The summed E-state index contributed by atoms with van der Waals surface area (Å²) in [5, 5.41) is 13.3. The molecule has 6 heteroatoms. The minimum atomic E-state index is 0.383. The van der Waals surface area contributed by atoms with Gasteiger partial charge >= 0.3 is 0 Å². The predicted molar refractivity (Wildman–Crippen MR) is 78.8 cm³/mol. The summed E-state index contributed by atoms with van der Waals surface area (Å²) < 4.78 is 7.00. The van der Waals surface area contributed by atoms with Gasteiger partial charge in [0.2, 0.25) is 0 Å². The second kappa shape index (κ2) is 4.86. The minimum Gasteiger partial charge on any atom is -0.378 e. The molecule has 2 aromatic heterocycles. The Hall–Kier alpha value is -1.95. The molecular weight excluding hydrogens is 254 g/mol. The van der Waals surface area contributed by atoms with Crippen molar-refractivity contribution in [2.45, 2.75) is 20.8 Å². The second-order valence-corrected chi connectivity index (χ2v) is 5.18. The van der Waals surface area contributed by atoms with Gasteiger partial charge in [0, 0.05) is 18.5 Å². The van der Waals surface area contributed by atoms with Gasteiger partial charge < -0.3 is 9.64 Å². The Morgan fingerprint density at radius 3 is 2.65 bits per heavy atom. The zero-order chi connectivity index (χ0) is 14.3. The molecule has 1 saturated heterocycles. The number of ether oxygens (including phenoxy) is 1. The number of nitrogens with one attached hydrogen (secondary N) is 1. The molecular formula is C14H19N5O. The molecule has 1 fully saturated rings. The molecule has 0 saturated carbocycles. The fourth-order valence-electron chi connectivity index (χ4n) is 2.67. The zero-order valence-corrected chi connectivity index (χ0v) is 12.1. The third-order valence-electron chi connectivity index (χ3n) is 3.65. The molecule has 0 bridgehead atoms. The number of aryl methyl sites for hydroxylation is 2. The molecule has 0 unspecified atom stereocenters. The standard InChI is InChI=1S/C14H19N5O/c1-9-8-12(18-4-6-20-7-5-18)16-14-13(9)10(2)17-19(14)11(3)15/h8,15H,4-7H2,1-3H3. The average molecular weight is 273 g/mol. The van der Waals surface area contributed by atoms with Crippen LogP contribution in [0.25, 0.3) is 11.0 Å². The molecule has 0 radical (unpaired) electrons. The lowest BCUT2D eigenvalue weighted by molar-refractivity contribution is 0.122. The first-order valence-corrected chi connectivity index (χ1v) is 6.83. The van der Waals surface area contributed by atoms with Gasteiger partial charge in [0.05, 0.1) is 18.9 Å². The summed E-state index contributed by atoms with van der Waals surface area (Å²) in [6, 6.07) is 2.10. The van der Waals surface area contributed by atoms with Crippen LogP contribution in [0.2, 0.25) is 0 Å². The molecule has 3 heterocycles. The third-order valence-corrected chi connectivity index (χ3v) is 3.65. The lowest BCUT2D eigenvalue weighted by Gasteiger charge is -2.28. The van der Waals surface area contributed by atoms with Gasteiger partial charge in [-0.3, -0.25) is 5.41 Å². The molecule has 2 aromatic rings. The second-order valence-electron chi connectivity index (χ2n) is 5.18. The molecule has 0 spiro atoms. The van der Waals surface area contributed by atoms with Gasteiger partial charge in [-0.25, -0.2) is 9.67 Å². The first kappa shape index (κ1) is 13.1. The van der Waals surface area contributed by atoms with Gasteiger partial charge in [0.15, 0.2) is 5.65 Å². The maximum atomic E-state index is 7.84. The summed E-state index contributed by atoms with van der Waals surface area (Å²) in [6.07, 6.45) is 0. The highest BCUT2D eigenvalue weighted by Gasteiger charge is 2.18. The molecule has 0 aromatic carbocycles. The van der Waals surface area contributed by atoms with Crippen LogP contribution in [0.15, 0.2) is 6.07 Å². The van der Waals surface area contributed by atoms with Crippen molar-refractivity contribution >= 4 is 22.7 Å². The van der Waals surface area contributed by atoms with Crippen molar-refractivity contribution < 1.29 is 4.74 Å². The van der Waals surface area contributed by atoms with E-state index < -0.39 is 0 Å². The van der Waals surface area contributed by atoms with E-state index in [1.165, 1.54) is 0 Å². The van der Waals surface area contributed by atoms with Crippen LogP contribution in [0.5, 0.6) is 0 Å². The van der Waals surface area contributed by atoms with Crippen LogP contribution in [0.4, 0.5) is 5.82 Å². The Morgan fingerprint density at radius 1 is 1.30 bits per heavy atom. The molecule has 1 aliphatic rings. The van der Waals surface area contributed by atoms with Gasteiger partial charge in [0.25, 0.3) is 0 Å². The molecule has 0 aliphatic carbocycles. The lowest BCUT2D eigenvalue weighted by atomic mass is 10.1. The summed E-state index contributed by atoms with van der Waals surface area (Å²) in [5.74, 6) is 1.33. The van der Waals surface area contributed by atoms with Crippen molar-refractivity contribution in [3.05, 3.63) is 17.3 Å². The van der Waals surface area contributed by atoms with Crippen LogP contribution in [0, 0.1) is 19.3 Å². The van der Waals surface area contributed by atoms with Crippen molar-refractivity contribution in [2.24, 2.45) is 0 Å². The Balaban J connectivity index is 2.16. The van der Waals surface area contributed by atoms with Gasteiger partial charge in [-0.2, -0.15) is 5.10 Å². The quantitative estimate of drug-likeness (QED) is 0.634. The van der Waals surface area contributed by atoms with Crippen molar-refractivity contribution in [3.63, 3.8) is 0 Å². The first-order valence-electron chi connectivity index (χ1n) is 6.83. The van der Waals surface area contributed by atoms with Gasteiger partial charge in [-0.15, -0.1) is 0 Å². The topological polar surface area (TPSA) is 67.0 Å². The monoisotopic (exact) mass is 273 g/mol. The van der Waals surface area contributed by atoms with E-state index in [4.69, 9.17) is 15.1 Å². The Bertz CT molecular complexity index is 670. The van der Waals surface area contributed by atoms with E-state index >= 15 is 0 Å². The van der Waals surface area contributed by atoms with E-state index in [1.807, 2.05) is 6.92 Å². The summed E-state index contributed by atoms with van der Waals surface area (Å²) >= 11 is 0. The van der Waals surface area contributed by atoms with E-state index in [1.54, 1.807) is 11.6 Å². The molecule has 0 atom stereocenters. The largest absolute Gasteiger partial charge is 0.378 e. The zero-order valence-electron chi connectivity index (χ0n) is 12.1. The Morgan fingerprint density at radius 2 is 2.00 bits per heavy atom. The maximum Gasteiger partial charge on any atom is 0.167 e. The number of hydrogen-bond donors (Lipinski definition) is 1. The van der Waals surface area contributed by atoms with Crippen molar-refractivity contribution in [3.8, 4) is 0 Å². The van der Waals surface area contributed by atoms with E-state index in [2.05, 4.69) is 23.0 Å². The van der Waals surface area contributed by atoms with E-state index in [0.717, 1.165) is 54.4 Å². The molecule has 106 valence electrons. The number of rotatable bonds is 1. The molecule has 6 nitrogen and oxygen atoms in total. The predicted octanol–water partition coefficient (Wildman–Crippen LogP) is 1.73. The highest BCUT2D eigenvalue weighted by Crippen LogP contribution is 2.25. The van der Waals surface area contributed by atoms with Crippen molar-refractivity contribution in [2.75, 3.05) is 31.2 Å². The number of anilines is 1. The summed E-state index contributed by atoms with van der Waals surface area (Å²) in [6.45, 7) is 8.95. The molecule has 20 heavy (non-hydrogen) atoms. The van der Waals surface area contributed by atoms with E-state index in [-0.39, 0.29) is 0 Å². The van der Waals surface area contributed by atoms with E-state index in [0.29, 0.717) is 5.84 Å². The Labute approximate surface area is 117 Å². The fraction of sp³-hybridized carbons (Fsp3) is 0.500. The van der Waals surface area contributed by atoms with Crippen LogP contribution in [-0.2, 0) is 4.74 Å². The molecule has 1 aliphatic heterocycles. The van der Waals surface area contributed by atoms with Crippen LogP contribution >= 0.6 is 0 Å². The van der Waals surface area contributed by atoms with Crippen molar-refractivity contribution in [1.82, 2.24) is 14.8 Å². The average Bonchev–Trinajstić information content (AvgIpc) is 2.78. The van der Waals surface area contributed by atoms with Gasteiger partial charge in [0.1, 0.15) is 11.7 Å². The van der Waals surface area contributed by atoms with E-state index in [9.17, 15) is 0 Å². The van der Waals surface area contributed by atoms with Crippen LogP contribution in [-0.4, -0.2) is 46.9 Å². The minimum absolute atomic E-state index is 0.383. The fourth-order valence-corrected chi connectivity index (χ4v) is 2.67. The number of nitrogens with zero attached hydrogens (tertiary/aromatic N) is 4. The Kier molecular flexibility index (Phi) is 3.17. The summed E-state index contributed by atoms with van der Waals surface area (Å²) in [4.78, 5) is 6.96. The van der Waals surface area contributed by atoms with Crippen LogP contribution in [0.1, 0.15) is 18.2 Å². The normalized spacial score (nSPS) is 15.8. The van der Waals surface area contributed by atoms with Crippen molar-refractivity contribution in [1.29, 1.82) is 5.41 Å². The van der Waals surface area contributed by atoms with Crippen LogP contribution < -0.4 is 4.90 Å².